The van der Waals surface area contributed by atoms with E-state index >= 15 is 0 Å². The highest BCUT2D eigenvalue weighted by Crippen LogP contribution is 2.32. The van der Waals surface area contributed by atoms with Gasteiger partial charge in [0.25, 0.3) is 0 Å². The van der Waals surface area contributed by atoms with Gasteiger partial charge in [-0.15, -0.1) is 0 Å². The molecule has 2 aromatic rings. The van der Waals surface area contributed by atoms with E-state index in [1.54, 1.807) is 30.3 Å². The van der Waals surface area contributed by atoms with Gasteiger partial charge in [-0.2, -0.15) is 13.2 Å². The summed E-state index contributed by atoms with van der Waals surface area (Å²) in [6.07, 6.45) is -4.29. The standard InChI is InChI=1S/C16H13F3O2/c1-21-15(20)9-11-4-2-5-12(8-11)13-6-3-7-14(10-13)16(17,18)19/h2-8,10H,9H2,1H3. The molecule has 110 valence electrons. The van der Waals surface area contributed by atoms with Crippen LogP contribution in [0.5, 0.6) is 0 Å². The Kier molecular flexibility index (Phi) is 4.31. The number of alkyl halides is 3. The Bertz CT molecular complexity index is 648. The van der Waals surface area contributed by atoms with Crippen LogP contribution in [0.2, 0.25) is 0 Å². The summed E-state index contributed by atoms with van der Waals surface area (Å²) >= 11 is 0. The Morgan fingerprint density at radius 1 is 1.05 bits per heavy atom. The molecule has 2 nitrogen and oxygen atoms in total. The lowest BCUT2D eigenvalue weighted by atomic mass is 10.00. The molecule has 0 amide bonds. The van der Waals surface area contributed by atoms with Crippen LogP contribution in [0.25, 0.3) is 11.1 Å². The Hall–Kier alpha value is -2.30. The van der Waals surface area contributed by atoms with Gasteiger partial charge in [-0.05, 0) is 28.8 Å². The Morgan fingerprint density at radius 3 is 2.29 bits per heavy atom. The molecule has 0 aliphatic carbocycles. The van der Waals surface area contributed by atoms with Crippen LogP contribution in [0.15, 0.2) is 48.5 Å². The number of ether oxygens (including phenoxy) is 1. The van der Waals surface area contributed by atoms with E-state index in [0.717, 1.165) is 12.1 Å². The van der Waals surface area contributed by atoms with E-state index in [4.69, 9.17) is 0 Å². The predicted molar refractivity (Wildman–Crippen MR) is 72.6 cm³/mol. The molecule has 0 bridgehead atoms. The zero-order valence-electron chi connectivity index (χ0n) is 11.3. The zero-order valence-corrected chi connectivity index (χ0v) is 11.3. The van der Waals surface area contributed by atoms with Crippen LogP contribution in [0.3, 0.4) is 0 Å². The van der Waals surface area contributed by atoms with Gasteiger partial charge in [0.2, 0.25) is 0 Å². The molecular weight excluding hydrogens is 281 g/mol. The summed E-state index contributed by atoms with van der Waals surface area (Å²) in [7, 11) is 1.29. The first-order chi connectivity index (χ1) is 9.90. The molecule has 0 fully saturated rings. The molecule has 2 aromatic carbocycles. The highest BCUT2D eigenvalue weighted by atomic mass is 19.4. The van der Waals surface area contributed by atoms with Gasteiger partial charge in [0.05, 0.1) is 19.1 Å². The van der Waals surface area contributed by atoms with E-state index in [0.29, 0.717) is 16.7 Å². The van der Waals surface area contributed by atoms with Crippen molar-refractivity contribution in [2.45, 2.75) is 12.6 Å². The van der Waals surface area contributed by atoms with E-state index in [-0.39, 0.29) is 6.42 Å². The summed E-state index contributed by atoms with van der Waals surface area (Å²) in [5.41, 5.74) is 1.08. The maximum atomic E-state index is 12.7. The van der Waals surface area contributed by atoms with Crippen molar-refractivity contribution in [2.24, 2.45) is 0 Å². The molecule has 21 heavy (non-hydrogen) atoms. The van der Waals surface area contributed by atoms with Crippen molar-refractivity contribution < 1.29 is 22.7 Å². The van der Waals surface area contributed by atoms with Gasteiger partial charge in [0, 0.05) is 0 Å². The number of rotatable bonds is 3. The minimum absolute atomic E-state index is 0.0866. The van der Waals surface area contributed by atoms with E-state index in [1.165, 1.54) is 13.2 Å². The summed E-state index contributed by atoms with van der Waals surface area (Å²) < 4.78 is 42.7. The molecule has 0 atom stereocenters. The van der Waals surface area contributed by atoms with Gasteiger partial charge in [0.15, 0.2) is 0 Å². The fraction of sp³-hybridized carbons (Fsp3) is 0.188. The zero-order chi connectivity index (χ0) is 15.5. The largest absolute Gasteiger partial charge is 0.469 e. The molecule has 0 aliphatic rings. The van der Waals surface area contributed by atoms with Crippen molar-refractivity contribution >= 4 is 5.97 Å². The average Bonchev–Trinajstić information content (AvgIpc) is 2.46. The molecule has 0 spiro atoms. The smallest absolute Gasteiger partial charge is 0.416 e. The van der Waals surface area contributed by atoms with Crippen LogP contribution in [0, 0.1) is 0 Å². The molecule has 0 N–H and O–H groups in total. The fourth-order valence-electron chi connectivity index (χ4n) is 1.97. The van der Waals surface area contributed by atoms with Crippen molar-refractivity contribution in [2.75, 3.05) is 7.11 Å². The van der Waals surface area contributed by atoms with Crippen LogP contribution in [0.4, 0.5) is 13.2 Å². The highest BCUT2D eigenvalue weighted by molar-refractivity contribution is 5.74. The Labute approximate surface area is 120 Å². The molecule has 5 heteroatoms. The molecule has 0 heterocycles. The summed E-state index contributed by atoms with van der Waals surface area (Å²) in [4.78, 5) is 11.2. The lowest BCUT2D eigenvalue weighted by Crippen LogP contribution is -2.05. The van der Waals surface area contributed by atoms with Crippen molar-refractivity contribution in [3.63, 3.8) is 0 Å². The number of hydrogen-bond donors (Lipinski definition) is 0. The van der Waals surface area contributed by atoms with Crippen molar-refractivity contribution in [1.29, 1.82) is 0 Å². The number of benzene rings is 2. The average molecular weight is 294 g/mol. The maximum absolute atomic E-state index is 12.7. The molecule has 0 aromatic heterocycles. The SMILES string of the molecule is COC(=O)Cc1cccc(-c2cccc(C(F)(F)F)c2)c1. The molecule has 0 aliphatic heterocycles. The third-order valence-corrected chi connectivity index (χ3v) is 3.03. The monoisotopic (exact) mass is 294 g/mol. The molecule has 0 saturated carbocycles. The fourth-order valence-corrected chi connectivity index (χ4v) is 1.97. The molecule has 0 unspecified atom stereocenters. The van der Waals surface area contributed by atoms with E-state index in [2.05, 4.69) is 4.74 Å². The van der Waals surface area contributed by atoms with Gasteiger partial charge in [-0.3, -0.25) is 4.79 Å². The van der Waals surface area contributed by atoms with Gasteiger partial charge < -0.3 is 4.74 Å². The lowest BCUT2D eigenvalue weighted by molar-refractivity contribution is -0.140. The number of carbonyl (C=O) groups is 1. The second-order valence-electron chi connectivity index (χ2n) is 4.53. The first-order valence-electron chi connectivity index (χ1n) is 6.23. The van der Waals surface area contributed by atoms with Crippen LogP contribution in [-0.4, -0.2) is 13.1 Å². The van der Waals surface area contributed by atoms with Crippen molar-refractivity contribution in [3.8, 4) is 11.1 Å². The minimum atomic E-state index is -4.38. The molecule has 0 saturated heterocycles. The second-order valence-corrected chi connectivity index (χ2v) is 4.53. The van der Waals surface area contributed by atoms with E-state index < -0.39 is 17.7 Å². The highest BCUT2D eigenvalue weighted by Gasteiger charge is 2.30. The summed E-state index contributed by atoms with van der Waals surface area (Å²) in [6, 6.07) is 11.9. The molecule has 2 rings (SSSR count). The van der Waals surface area contributed by atoms with Crippen molar-refractivity contribution in [3.05, 3.63) is 59.7 Å². The maximum Gasteiger partial charge on any atom is 0.416 e. The van der Waals surface area contributed by atoms with Gasteiger partial charge >= 0.3 is 12.1 Å². The second kappa shape index (κ2) is 5.99. The number of methoxy groups -OCH3 is 1. The number of carbonyl (C=O) groups excluding carboxylic acids is 1. The Morgan fingerprint density at radius 2 is 1.67 bits per heavy atom. The van der Waals surface area contributed by atoms with E-state index in [9.17, 15) is 18.0 Å². The lowest BCUT2D eigenvalue weighted by Gasteiger charge is -2.09. The third-order valence-electron chi connectivity index (χ3n) is 3.03. The van der Waals surface area contributed by atoms with Gasteiger partial charge in [-0.25, -0.2) is 0 Å². The normalized spacial score (nSPS) is 11.2. The summed E-state index contributed by atoms with van der Waals surface area (Å²) in [5, 5.41) is 0. The number of halogens is 3. The third kappa shape index (κ3) is 3.84. The van der Waals surface area contributed by atoms with E-state index in [1.807, 2.05) is 0 Å². The van der Waals surface area contributed by atoms with Gasteiger partial charge in [-0.1, -0.05) is 36.4 Å². The quantitative estimate of drug-likeness (QED) is 0.797. The number of esters is 1. The van der Waals surface area contributed by atoms with Crippen LogP contribution >= 0.6 is 0 Å². The van der Waals surface area contributed by atoms with Gasteiger partial charge in [0.1, 0.15) is 0 Å². The predicted octanol–water partition coefficient (Wildman–Crippen LogP) is 4.09. The Balaban J connectivity index is 2.34. The summed E-state index contributed by atoms with van der Waals surface area (Å²) in [6.45, 7) is 0. The molecular formula is C16H13F3O2. The molecule has 0 radical (unpaired) electrons. The van der Waals surface area contributed by atoms with Crippen LogP contribution < -0.4 is 0 Å². The first-order valence-corrected chi connectivity index (χ1v) is 6.23. The van der Waals surface area contributed by atoms with Crippen LogP contribution in [-0.2, 0) is 22.1 Å². The summed E-state index contributed by atoms with van der Waals surface area (Å²) in [5.74, 6) is -0.392. The first kappa shape index (κ1) is 15.1. The topological polar surface area (TPSA) is 26.3 Å². The van der Waals surface area contributed by atoms with Crippen LogP contribution in [0.1, 0.15) is 11.1 Å². The van der Waals surface area contributed by atoms with Crippen molar-refractivity contribution in [1.82, 2.24) is 0 Å². The minimum Gasteiger partial charge on any atom is -0.469 e. The number of hydrogen-bond acceptors (Lipinski definition) is 2.